The molecule has 1 N–H and O–H groups in total. The summed E-state index contributed by atoms with van der Waals surface area (Å²) in [5.74, 6) is -0.837. The Morgan fingerprint density at radius 3 is 2.34 bits per heavy atom. The van der Waals surface area contributed by atoms with Crippen molar-refractivity contribution in [2.45, 2.75) is 34.2 Å². The molecule has 32 heavy (non-hydrogen) atoms. The smallest absolute Gasteiger partial charge is 0.324 e. The standard InChI is InChI=1S/C24H22FN3O3S/c1-13-9-15(3)21(16(4)10-13)26-20(29)12-27-19-7-8-32-22(19)23(30)28(24(27)31)18-6-5-17(25)11-14(18)2/h5-11H,12H2,1-4H3,(H,26,29). The zero-order valence-electron chi connectivity index (χ0n) is 18.2. The van der Waals surface area contributed by atoms with E-state index in [2.05, 4.69) is 5.32 Å². The lowest BCUT2D eigenvalue weighted by Gasteiger charge is -2.16. The highest BCUT2D eigenvalue weighted by molar-refractivity contribution is 7.17. The highest BCUT2D eigenvalue weighted by Gasteiger charge is 2.19. The van der Waals surface area contributed by atoms with E-state index >= 15 is 0 Å². The summed E-state index contributed by atoms with van der Waals surface area (Å²) in [7, 11) is 0. The van der Waals surface area contributed by atoms with Crippen LogP contribution in [0.3, 0.4) is 0 Å². The van der Waals surface area contributed by atoms with Gasteiger partial charge in [0, 0.05) is 5.69 Å². The molecule has 0 fully saturated rings. The zero-order chi connectivity index (χ0) is 23.2. The average molecular weight is 452 g/mol. The number of thiophene rings is 1. The van der Waals surface area contributed by atoms with Gasteiger partial charge in [0.05, 0.1) is 11.2 Å². The lowest BCUT2D eigenvalue weighted by Crippen LogP contribution is -2.40. The minimum absolute atomic E-state index is 0.265. The summed E-state index contributed by atoms with van der Waals surface area (Å²) in [6.07, 6.45) is 0. The molecule has 2 aromatic carbocycles. The molecule has 6 nitrogen and oxygen atoms in total. The molecule has 2 aromatic heterocycles. The van der Waals surface area contributed by atoms with Crippen LogP contribution in [0.25, 0.3) is 15.9 Å². The van der Waals surface area contributed by atoms with Gasteiger partial charge >= 0.3 is 5.69 Å². The number of aromatic nitrogens is 2. The van der Waals surface area contributed by atoms with Gasteiger partial charge in [-0.2, -0.15) is 0 Å². The van der Waals surface area contributed by atoms with Crippen molar-refractivity contribution in [2.75, 3.05) is 5.32 Å². The Morgan fingerprint density at radius 1 is 1.00 bits per heavy atom. The number of nitrogens with one attached hydrogen (secondary N) is 1. The number of anilines is 1. The molecule has 0 aliphatic carbocycles. The summed E-state index contributed by atoms with van der Waals surface area (Å²) in [6, 6.07) is 9.47. The van der Waals surface area contributed by atoms with Crippen molar-refractivity contribution >= 4 is 33.1 Å². The number of hydrogen-bond donors (Lipinski definition) is 1. The number of hydrogen-bond acceptors (Lipinski definition) is 4. The molecule has 0 aliphatic rings. The fourth-order valence-corrected chi connectivity index (χ4v) is 4.85. The summed E-state index contributed by atoms with van der Waals surface area (Å²) in [6.45, 7) is 7.17. The maximum atomic E-state index is 13.6. The maximum absolute atomic E-state index is 13.6. The van der Waals surface area contributed by atoms with Gasteiger partial charge < -0.3 is 5.32 Å². The van der Waals surface area contributed by atoms with E-state index in [-0.39, 0.29) is 18.1 Å². The molecule has 8 heteroatoms. The Labute approximate surface area is 187 Å². The van der Waals surface area contributed by atoms with Gasteiger partial charge in [0.15, 0.2) is 0 Å². The SMILES string of the molecule is Cc1cc(C)c(NC(=O)Cn2c(=O)n(-c3ccc(F)cc3C)c(=O)c3sccc32)c(C)c1. The summed E-state index contributed by atoms with van der Waals surface area (Å²) in [4.78, 5) is 39.4. The van der Waals surface area contributed by atoms with Crippen molar-refractivity contribution < 1.29 is 9.18 Å². The van der Waals surface area contributed by atoms with E-state index < -0.39 is 17.1 Å². The van der Waals surface area contributed by atoms with E-state index in [4.69, 9.17) is 0 Å². The van der Waals surface area contributed by atoms with E-state index in [1.54, 1.807) is 18.4 Å². The van der Waals surface area contributed by atoms with Gasteiger partial charge in [-0.25, -0.2) is 13.8 Å². The van der Waals surface area contributed by atoms with Gasteiger partial charge in [-0.15, -0.1) is 11.3 Å². The van der Waals surface area contributed by atoms with Crippen LogP contribution in [0, 0.1) is 33.5 Å². The molecule has 0 saturated carbocycles. The highest BCUT2D eigenvalue weighted by atomic mass is 32.1. The third-order valence-electron chi connectivity index (χ3n) is 5.40. The van der Waals surface area contributed by atoms with E-state index in [1.807, 2.05) is 32.9 Å². The average Bonchev–Trinajstić information content (AvgIpc) is 3.19. The van der Waals surface area contributed by atoms with Crippen LogP contribution in [0.1, 0.15) is 22.3 Å². The zero-order valence-corrected chi connectivity index (χ0v) is 19.0. The van der Waals surface area contributed by atoms with Gasteiger partial charge in [-0.1, -0.05) is 17.7 Å². The largest absolute Gasteiger partial charge is 0.336 e. The minimum Gasteiger partial charge on any atom is -0.324 e. The quantitative estimate of drug-likeness (QED) is 0.505. The Bertz CT molecular complexity index is 1470. The van der Waals surface area contributed by atoms with Crippen LogP contribution in [0.4, 0.5) is 10.1 Å². The van der Waals surface area contributed by atoms with Crippen LogP contribution in [0.5, 0.6) is 0 Å². The van der Waals surface area contributed by atoms with Crippen LogP contribution >= 0.6 is 11.3 Å². The number of carbonyl (C=O) groups is 1. The molecule has 0 aliphatic heterocycles. The van der Waals surface area contributed by atoms with Gasteiger partial charge in [0.2, 0.25) is 5.91 Å². The number of amides is 1. The fraction of sp³-hybridized carbons (Fsp3) is 0.208. The molecule has 1 amide bonds. The number of rotatable bonds is 4. The minimum atomic E-state index is -0.650. The molecule has 4 aromatic rings. The summed E-state index contributed by atoms with van der Waals surface area (Å²) in [5.41, 5.74) is 3.65. The van der Waals surface area contributed by atoms with Crippen molar-refractivity contribution in [3.63, 3.8) is 0 Å². The molecular weight excluding hydrogens is 429 g/mol. The second-order valence-corrected chi connectivity index (χ2v) is 8.81. The van der Waals surface area contributed by atoms with E-state index in [0.717, 1.165) is 21.3 Å². The van der Waals surface area contributed by atoms with Crippen LogP contribution in [0.2, 0.25) is 0 Å². The number of benzene rings is 2. The monoisotopic (exact) mass is 451 g/mol. The van der Waals surface area contributed by atoms with Gasteiger partial charge in [0.25, 0.3) is 5.56 Å². The van der Waals surface area contributed by atoms with E-state index in [9.17, 15) is 18.8 Å². The molecule has 0 saturated heterocycles. The van der Waals surface area contributed by atoms with Crippen LogP contribution in [-0.4, -0.2) is 15.0 Å². The Balaban J connectivity index is 1.82. The van der Waals surface area contributed by atoms with Crippen LogP contribution < -0.4 is 16.6 Å². The van der Waals surface area contributed by atoms with Crippen molar-refractivity contribution in [3.8, 4) is 5.69 Å². The topological polar surface area (TPSA) is 73.1 Å². The van der Waals surface area contributed by atoms with Gasteiger partial charge in [0.1, 0.15) is 17.1 Å². The Morgan fingerprint density at radius 2 is 1.69 bits per heavy atom. The summed E-state index contributed by atoms with van der Waals surface area (Å²) in [5, 5.41) is 4.60. The molecule has 0 radical (unpaired) electrons. The van der Waals surface area contributed by atoms with Crippen LogP contribution in [0.15, 0.2) is 51.4 Å². The van der Waals surface area contributed by atoms with Gasteiger partial charge in [-0.05, 0) is 74.0 Å². The number of carbonyl (C=O) groups excluding carboxylic acids is 1. The molecule has 2 heterocycles. The first-order chi connectivity index (χ1) is 15.2. The Kier molecular flexibility index (Phi) is 5.56. The molecule has 0 spiro atoms. The number of halogens is 1. The predicted molar refractivity (Wildman–Crippen MR) is 126 cm³/mol. The van der Waals surface area contributed by atoms with E-state index in [1.165, 1.54) is 34.1 Å². The van der Waals surface area contributed by atoms with Crippen LogP contribution in [-0.2, 0) is 11.3 Å². The first kappa shape index (κ1) is 21.7. The maximum Gasteiger partial charge on any atom is 0.336 e. The third kappa shape index (κ3) is 3.78. The lowest BCUT2D eigenvalue weighted by molar-refractivity contribution is -0.116. The second kappa shape index (κ2) is 8.20. The van der Waals surface area contributed by atoms with Crippen molar-refractivity contribution in [1.82, 2.24) is 9.13 Å². The molecule has 0 atom stereocenters. The first-order valence-electron chi connectivity index (χ1n) is 10.0. The highest BCUT2D eigenvalue weighted by Crippen LogP contribution is 2.22. The molecule has 4 rings (SSSR count). The second-order valence-electron chi connectivity index (χ2n) is 7.90. The molecule has 0 unspecified atom stereocenters. The lowest BCUT2D eigenvalue weighted by atomic mass is 10.1. The summed E-state index contributed by atoms with van der Waals surface area (Å²) >= 11 is 1.19. The van der Waals surface area contributed by atoms with Crippen molar-refractivity contribution in [1.29, 1.82) is 0 Å². The molecule has 0 bridgehead atoms. The van der Waals surface area contributed by atoms with E-state index in [0.29, 0.717) is 21.5 Å². The summed E-state index contributed by atoms with van der Waals surface area (Å²) < 4.78 is 16.2. The van der Waals surface area contributed by atoms with Crippen molar-refractivity contribution in [2.24, 2.45) is 0 Å². The first-order valence-corrected chi connectivity index (χ1v) is 10.9. The normalized spacial score (nSPS) is 11.2. The predicted octanol–water partition coefficient (Wildman–Crippen LogP) is 4.23. The van der Waals surface area contributed by atoms with Gasteiger partial charge in [-0.3, -0.25) is 14.2 Å². The van der Waals surface area contributed by atoms with Crippen molar-refractivity contribution in [3.05, 3.63) is 90.7 Å². The number of fused-ring (bicyclic) bond motifs is 1. The Hall–Kier alpha value is -3.52. The molecular formula is C24H22FN3O3S. The number of nitrogens with zero attached hydrogens (tertiary/aromatic N) is 2. The molecule has 164 valence electrons. The third-order valence-corrected chi connectivity index (χ3v) is 6.29. The fourth-order valence-electron chi connectivity index (χ4n) is 4.02. The number of aryl methyl sites for hydroxylation is 4.